The van der Waals surface area contributed by atoms with Crippen molar-refractivity contribution in [2.24, 2.45) is 0 Å². The third-order valence-electron chi connectivity index (χ3n) is 2.87. The maximum absolute atomic E-state index is 13.6. The van der Waals surface area contributed by atoms with E-state index in [1.54, 1.807) is 0 Å². The highest BCUT2D eigenvalue weighted by Crippen LogP contribution is 2.33. The highest BCUT2D eigenvalue weighted by Gasteiger charge is 2.32. The molecule has 100 valence electrons. The first kappa shape index (κ1) is 13.5. The van der Waals surface area contributed by atoms with Gasteiger partial charge in [-0.3, -0.25) is 0 Å². The molecule has 0 spiro atoms. The van der Waals surface area contributed by atoms with Crippen LogP contribution in [0.15, 0.2) is 36.4 Å². The first-order valence-electron chi connectivity index (χ1n) is 5.46. The lowest BCUT2D eigenvalue weighted by atomic mass is 9.87. The summed E-state index contributed by atoms with van der Waals surface area (Å²) in [5, 5.41) is 10.3. The summed E-state index contributed by atoms with van der Waals surface area (Å²) in [5.74, 6) is -3.86. The first-order valence-corrected chi connectivity index (χ1v) is 5.46. The Balaban J connectivity index is 2.64. The normalized spacial score (nSPS) is 14.2. The van der Waals surface area contributed by atoms with Crippen LogP contribution < -0.4 is 0 Å². The van der Waals surface area contributed by atoms with Gasteiger partial charge in [0.25, 0.3) is 0 Å². The molecule has 0 saturated carbocycles. The van der Waals surface area contributed by atoms with Crippen LogP contribution in [0, 0.1) is 23.3 Å². The molecule has 0 aliphatic rings. The van der Waals surface area contributed by atoms with Crippen LogP contribution in [0.2, 0.25) is 0 Å². The summed E-state index contributed by atoms with van der Waals surface area (Å²) < 4.78 is 53.6. The van der Waals surface area contributed by atoms with Crippen LogP contribution in [0.5, 0.6) is 0 Å². The van der Waals surface area contributed by atoms with Crippen molar-refractivity contribution in [3.05, 3.63) is 70.8 Å². The van der Waals surface area contributed by atoms with E-state index in [1.165, 1.54) is 0 Å². The second-order valence-electron chi connectivity index (χ2n) is 4.33. The fourth-order valence-corrected chi connectivity index (χ4v) is 1.94. The van der Waals surface area contributed by atoms with Gasteiger partial charge in [-0.05, 0) is 36.8 Å². The van der Waals surface area contributed by atoms with Crippen LogP contribution in [0.1, 0.15) is 18.1 Å². The molecule has 0 radical (unpaired) electrons. The van der Waals surface area contributed by atoms with Crippen molar-refractivity contribution in [2.75, 3.05) is 0 Å². The summed E-state index contributed by atoms with van der Waals surface area (Å²) in [7, 11) is 0. The summed E-state index contributed by atoms with van der Waals surface area (Å²) >= 11 is 0. The second-order valence-corrected chi connectivity index (χ2v) is 4.33. The summed E-state index contributed by atoms with van der Waals surface area (Å²) in [6, 6.07) is 5.32. The standard InChI is InChI=1S/C14H10F4O/c1-14(19,8-5-9(15)7-10(16)6-8)13-11(17)3-2-4-12(13)18/h2-7,19H,1H3. The fourth-order valence-electron chi connectivity index (χ4n) is 1.94. The number of hydrogen-bond donors (Lipinski definition) is 1. The molecule has 2 aromatic carbocycles. The van der Waals surface area contributed by atoms with E-state index < -0.39 is 34.4 Å². The van der Waals surface area contributed by atoms with Gasteiger partial charge in [-0.15, -0.1) is 0 Å². The number of aliphatic hydroxyl groups is 1. The second kappa shape index (κ2) is 4.66. The molecule has 0 heterocycles. The summed E-state index contributed by atoms with van der Waals surface area (Å²) in [4.78, 5) is 0. The predicted molar refractivity (Wildman–Crippen MR) is 61.4 cm³/mol. The minimum absolute atomic E-state index is 0.269. The van der Waals surface area contributed by atoms with Gasteiger partial charge in [-0.2, -0.15) is 0 Å². The molecule has 1 nitrogen and oxygen atoms in total. The van der Waals surface area contributed by atoms with E-state index >= 15 is 0 Å². The van der Waals surface area contributed by atoms with Crippen LogP contribution in [-0.4, -0.2) is 5.11 Å². The van der Waals surface area contributed by atoms with Crippen molar-refractivity contribution in [1.82, 2.24) is 0 Å². The molecule has 1 atom stereocenters. The molecular weight excluding hydrogens is 260 g/mol. The van der Waals surface area contributed by atoms with Crippen molar-refractivity contribution < 1.29 is 22.7 Å². The highest BCUT2D eigenvalue weighted by atomic mass is 19.1. The summed E-state index contributed by atoms with van der Waals surface area (Å²) in [6.07, 6.45) is 0. The quantitative estimate of drug-likeness (QED) is 0.828. The van der Waals surface area contributed by atoms with E-state index in [0.717, 1.165) is 37.3 Å². The Morgan fingerprint density at radius 2 is 1.37 bits per heavy atom. The monoisotopic (exact) mass is 270 g/mol. The van der Waals surface area contributed by atoms with E-state index in [-0.39, 0.29) is 5.56 Å². The SMILES string of the molecule is CC(O)(c1cc(F)cc(F)c1)c1c(F)cccc1F. The average molecular weight is 270 g/mol. The maximum atomic E-state index is 13.6. The first-order chi connectivity index (χ1) is 8.82. The fraction of sp³-hybridized carbons (Fsp3) is 0.143. The Morgan fingerprint density at radius 3 is 1.84 bits per heavy atom. The molecule has 2 aromatic rings. The molecule has 2 rings (SSSR count). The minimum Gasteiger partial charge on any atom is -0.380 e. The zero-order valence-corrected chi connectivity index (χ0v) is 9.92. The third kappa shape index (κ3) is 2.46. The molecule has 0 aromatic heterocycles. The van der Waals surface area contributed by atoms with Gasteiger partial charge in [0.2, 0.25) is 0 Å². The summed E-state index contributed by atoms with van der Waals surface area (Å²) in [6.45, 7) is 1.07. The lowest BCUT2D eigenvalue weighted by Gasteiger charge is -2.25. The molecule has 1 unspecified atom stereocenters. The molecule has 0 saturated heterocycles. The van der Waals surface area contributed by atoms with E-state index in [1.807, 2.05) is 0 Å². The third-order valence-corrected chi connectivity index (χ3v) is 2.87. The van der Waals surface area contributed by atoms with Gasteiger partial charge < -0.3 is 5.11 Å². The van der Waals surface area contributed by atoms with Crippen LogP contribution in [-0.2, 0) is 5.60 Å². The van der Waals surface area contributed by atoms with E-state index in [9.17, 15) is 22.7 Å². The number of hydrogen-bond acceptors (Lipinski definition) is 1. The average Bonchev–Trinajstić information content (AvgIpc) is 2.26. The van der Waals surface area contributed by atoms with Crippen LogP contribution >= 0.6 is 0 Å². The molecule has 5 heteroatoms. The van der Waals surface area contributed by atoms with Crippen molar-refractivity contribution in [2.45, 2.75) is 12.5 Å². The van der Waals surface area contributed by atoms with Gasteiger partial charge in [-0.25, -0.2) is 17.6 Å². The van der Waals surface area contributed by atoms with Crippen LogP contribution in [0.4, 0.5) is 17.6 Å². The number of rotatable bonds is 2. The van der Waals surface area contributed by atoms with Crippen LogP contribution in [0.25, 0.3) is 0 Å². The molecular formula is C14H10F4O. The Kier molecular flexibility index (Phi) is 3.32. The Morgan fingerprint density at radius 1 is 0.895 bits per heavy atom. The number of benzene rings is 2. The van der Waals surface area contributed by atoms with Crippen molar-refractivity contribution >= 4 is 0 Å². The Hall–Kier alpha value is -1.88. The van der Waals surface area contributed by atoms with Crippen LogP contribution in [0.3, 0.4) is 0 Å². The van der Waals surface area contributed by atoms with E-state index in [2.05, 4.69) is 0 Å². The van der Waals surface area contributed by atoms with Gasteiger partial charge >= 0.3 is 0 Å². The van der Waals surface area contributed by atoms with Crippen molar-refractivity contribution in [1.29, 1.82) is 0 Å². The zero-order chi connectivity index (χ0) is 14.2. The molecule has 0 fully saturated rings. The van der Waals surface area contributed by atoms with Crippen molar-refractivity contribution in [3.63, 3.8) is 0 Å². The lowest BCUT2D eigenvalue weighted by molar-refractivity contribution is 0.0926. The van der Waals surface area contributed by atoms with E-state index in [0.29, 0.717) is 6.07 Å². The molecule has 1 N–H and O–H groups in total. The lowest BCUT2D eigenvalue weighted by Crippen LogP contribution is -2.26. The predicted octanol–water partition coefficient (Wildman–Crippen LogP) is 3.50. The van der Waals surface area contributed by atoms with E-state index in [4.69, 9.17) is 0 Å². The van der Waals surface area contributed by atoms with Gasteiger partial charge in [0.1, 0.15) is 28.9 Å². The molecule has 0 bridgehead atoms. The summed E-state index contributed by atoms with van der Waals surface area (Å²) in [5.41, 5.74) is -3.10. The van der Waals surface area contributed by atoms with Crippen molar-refractivity contribution in [3.8, 4) is 0 Å². The smallest absolute Gasteiger partial charge is 0.132 e. The molecule has 0 aliphatic carbocycles. The Bertz CT molecular complexity index is 582. The highest BCUT2D eigenvalue weighted by molar-refractivity contribution is 5.37. The molecule has 0 aliphatic heterocycles. The minimum atomic E-state index is -2.18. The van der Waals surface area contributed by atoms with Gasteiger partial charge in [0.15, 0.2) is 0 Å². The largest absolute Gasteiger partial charge is 0.380 e. The zero-order valence-electron chi connectivity index (χ0n) is 9.92. The maximum Gasteiger partial charge on any atom is 0.132 e. The van der Waals surface area contributed by atoms with Gasteiger partial charge in [-0.1, -0.05) is 6.07 Å². The molecule has 19 heavy (non-hydrogen) atoms. The Labute approximate surface area is 107 Å². The van der Waals surface area contributed by atoms with Gasteiger partial charge in [0, 0.05) is 6.07 Å². The topological polar surface area (TPSA) is 20.2 Å². The number of halogens is 4. The van der Waals surface area contributed by atoms with Gasteiger partial charge in [0.05, 0.1) is 5.56 Å². The molecule has 0 amide bonds.